The Kier molecular flexibility index (Phi) is 2.00. The number of carbonyl (C=O) groups excluding carboxylic acids is 1. The summed E-state index contributed by atoms with van der Waals surface area (Å²) in [7, 11) is 1.56. The molecule has 14 heavy (non-hydrogen) atoms. The molecule has 0 N–H and O–H groups in total. The zero-order valence-electron chi connectivity index (χ0n) is 8.03. The molecule has 1 aromatic carbocycles. The normalized spacial score (nSPS) is 10.4. The number of hydrogen-bond donors (Lipinski definition) is 0. The third kappa shape index (κ3) is 1.18. The fourth-order valence-electron chi connectivity index (χ4n) is 1.47. The number of hydrogen-bond acceptors (Lipinski definition) is 3. The summed E-state index contributed by atoms with van der Waals surface area (Å²) in [6, 6.07) is 3.46. The fraction of sp³-hybridized carbons (Fsp3) is 0.182. The van der Waals surface area contributed by atoms with E-state index in [4.69, 9.17) is 9.15 Å². The minimum absolute atomic E-state index is 0.595. The zero-order chi connectivity index (χ0) is 10.1. The average molecular weight is 190 g/mol. The van der Waals surface area contributed by atoms with Crippen molar-refractivity contribution in [3.63, 3.8) is 0 Å². The van der Waals surface area contributed by atoms with Crippen LogP contribution < -0.4 is 4.74 Å². The Morgan fingerprint density at radius 2 is 2.21 bits per heavy atom. The lowest BCUT2D eigenvalue weighted by atomic mass is 10.1. The molecule has 3 heteroatoms. The Balaban J connectivity index is 2.82. The van der Waals surface area contributed by atoms with E-state index in [1.807, 2.05) is 6.92 Å². The molecule has 0 aliphatic heterocycles. The first kappa shape index (κ1) is 8.81. The molecule has 0 aliphatic carbocycles. The van der Waals surface area contributed by atoms with Crippen LogP contribution in [0.3, 0.4) is 0 Å². The van der Waals surface area contributed by atoms with Gasteiger partial charge < -0.3 is 9.15 Å². The van der Waals surface area contributed by atoms with Crippen molar-refractivity contribution in [1.29, 1.82) is 0 Å². The molecule has 3 nitrogen and oxygen atoms in total. The minimum Gasteiger partial charge on any atom is -0.493 e. The maximum Gasteiger partial charge on any atom is 0.175 e. The Morgan fingerprint density at radius 1 is 1.43 bits per heavy atom. The van der Waals surface area contributed by atoms with Crippen molar-refractivity contribution in [1.82, 2.24) is 0 Å². The highest BCUT2D eigenvalue weighted by molar-refractivity contribution is 5.92. The molecule has 0 amide bonds. The summed E-state index contributed by atoms with van der Waals surface area (Å²) in [4.78, 5) is 10.7. The number of methoxy groups -OCH3 is 1. The van der Waals surface area contributed by atoms with Crippen LogP contribution in [0.25, 0.3) is 11.0 Å². The van der Waals surface area contributed by atoms with Gasteiger partial charge in [-0.2, -0.15) is 0 Å². The second-order valence-corrected chi connectivity index (χ2v) is 3.14. The van der Waals surface area contributed by atoms with Crippen molar-refractivity contribution >= 4 is 17.3 Å². The number of aryl methyl sites for hydroxylation is 1. The molecule has 0 spiro atoms. The molecule has 1 aromatic heterocycles. The van der Waals surface area contributed by atoms with Crippen LogP contribution in [0.1, 0.15) is 15.9 Å². The molecule has 0 saturated carbocycles. The lowest BCUT2D eigenvalue weighted by molar-refractivity contribution is 0.112. The highest BCUT2D eigenvalue weighted by Gasteiger charge is 2.09. The SMILES string of the molecule is COc1cc(C=O)cc2c(C)coc12. The van der Waals surface area contributed by atoms with Gasteiger partial charge in [-0.15, -0.1) is 0 Å². The summed E-state index contributed by atoms with van der Waals surface area (Å²) in [6.07, 6.45) is 2.45. The quantitative estimate of drug-likeness (QED) is 0.683. The van der Waals surface area contributed by atoms with E-state index in [2.05, 4.69) is 0 Å². The second-order valence-electron chi connectivity index (χ2n) is 3.14. The molecule has 0 fully saturated rings. The number of carbonyl (C=O) groups is 1. The van der Waals surface area contributed by atoms with Crippen LogP contribution in [0.5, 0.6) is 5.75 Å². The minimum atomic E-state index is 0.595. The maximum atomic E-state index is 10.7. The molecule has 0 atom stereocenters. The van der Waals surface area contributed by atoms with E-state index in [9.17, 15) is 4.79 Å². The molecule has 0 bridgehead atoms. The lowest BCUT2D eigenvalue weighted by Crippen LogP contribution is -1.87. The highest BCUT2D eigenvalue weighted by atomic mass is 16.5. The molecular weight excluding hydrogens is 180 g/mol. The standard InChI is InChI=1S/C11H10O3/c1-7-6-14-11-9(7)3-8(5-12)4-10(11)13-2/h3-6H,1-2H3. The van der Waals surface area contributed by atoms with Crippen LogP contribution in [0, 0.1) is 6.92 Å². The summed E-state index contributed by atoms with van der Waals surface area (Å²) >= 11 is 0. The highest BCUT2D eigenvalue weighted by Crippen LogP contribution is 2.30. The van der Waals surface area contributed by atoms with E-state index >= 15 is 0 Å². The van der Waals surface area contributed by atoms with Crippen LogP contribution >= 0.6 is 0 Å². The van der Waals surface area contributed by atoms with Crippen LogP contribution in [0.2, 0.25) is 0 Å². The van der Waals surface area contributed by atoms with Crippen molar-refractivity contribution < 1.29 is 13.9 Å². The van der Waals surface area contributed by atoms with Crippen LogP contribution in [0.15, 0.2) is 22.8 Å². The van der Waals surface area contributed by atoms with Gasteiger partial charge in [0.15, 0.2) is 11.3 Å². The van der Waals surface area contributed by atoms with E-state index in [1.54, 1.807) is 25.5 Å². The Morgan fingerprint density at radius 3 is 2.86 bits per heavy atom. The van der Waals surface area contributed by atoms with E-state index in [0.29, 0.717) is 16.9 Å². The molecule has 0 unspecified atom stereocenters. The fourth-order valence-corrected chi connectivity index (χ4v) is 1.47. The van der Waals surface area contributed by atoms with Crippen LogP contribution in [-0.4, -0.2) is 13.4 Å². The molecular formula is C11H10O3. The van der Waals surface area contributed by atoms with Crippen molar-refractivity contribution in [2.24, 2.45) is 0 Å². The Labute approximate surface area is 81.3 Å². The van der Waals surface area contributed by atoms with Gasteiger partial charge in [-0.25, -0.2) is 0 Å². The summed E-state index contributed by atoms with van der Waals surface area (Å²) in [5.41, 5.74) is 2.29. The van der Waals surface area contributed by atoms with Gasteiger partial charge in [-0.1, -0.05) is 0 Å². The average Bonchev–Trinajstić information content (AvgIpc) is 2.59. The largest absolute Gasteiger partial charge is 0.493 e. The number of furan rings is 1. The number of benzene rings is 1. The monoisotopic (exact) mass is 190 g/mol. The van der Waals surface area contributed by atoms with Gasteiger partial charge in [0, 0.05) is 10.9 Å². The molecule has 0 aliphatic rings. The molecule has 72 valence electrons. The van der Waals surface area contributed by atoms with Gasteiger partial charge >= 0.3 is 0 Å². The smallest absolute Gasteiger partial charge is 0.175 e. The number of fused-ring (bicyclic) bond motifs is 1. The summed E-state index contributed by atoms with van der Waals surface area (Å²) in [5.74, 6) is 0.595. The van der Waals surface area contributed by atoms with Crippen molar-refractivity contribution in [2.75, 3.05) is 7.11 Å². The van der Waals surface area contributed by atoms with Crippen molar-refractivity contribution in [3.8, 4) is 5.75 Å². The van der Waals surface area contributed by atoms with Crippen molar-refractivity contribution in [2.45, 2.75) is 6.92 Å². The molecule has 2 rings (SSSR count). The Hall–Kier alpha value is -1.77. The molecule has 2 aromatic rings. The molecule has 1 heterocycles. The summed E-state index contributed by atoms with van der Waals surface area (Å²) < 4.78 is 10.5. The third-order valence-electron chi connectivity index (χ3n) is 2.21. The summed E-state index contributed by atoms with van der Waals surface area (Å²) in [5, 5.41) is 0.923. The Bertz CT molecular complexity index is 482. The lowest BCUT2D eigenvalue weighted by Gasteiger charge is -2.01. The predicted octanol–water partition coefficient (Wildman–Crippen LogP) is 2.56. The van der Waals surface area contributed by atoms with Gasteiger partial charge in [0.1, 0.15) is 6.29 Å². The van der Waals surface area contributed by atoms with E-state index in [-0.39, 0.29) is 0 Å². The van der Waals surface area contributed by atoms with Crippen LogP contribution in [0.4, 0.5) is 0 Å². The second kappa shape index (κ2) is 3.18. The number of rotatable bonds is 2. The zero-order valence-corrected chi connectivity index (χ0v) is 8.03. The van der Waals surface area contributed by atoms with E-state index in [1.165, 1.54) is 0 Å². The van der Waals surface area contributed by atoms with Crippen molar-refractivity contribution in [3.05, 3.63) is 29.5 Å². The predicted molar refractivity (Wildman–Crippen MR) is 52.9 cm³/mol. The summed E-state index contributed by atoms with van der Waals surface area (Å²) in [6.45, 7) is 1.93. The maximum absolute atomic E-state index is 10.7. The van der Waals surface area contributed by atoms with Gasteiger partial charge in [0.05, 0.1) is 13.4 Å². The van der Waals surface area contributed by atoms with E-state index in [0.717, 1.165) is 17.2 Å². The van der Waals surface area contributed by atoms with E-state index < -0.39 is 0 Å². The van der Waals surface area contributed by atoms with Gasteiger partial charge in [0.2, 0.25) is 0 Å². The first-order valence-electron chi connectivity index (χ1n) is 4.27. The molecule has 0 radical (unpaired) electrons. The van der Waals surface area contributed by atoms with Gasteiger partial charge in [-0.05, 0) is 24.6 Å². The van der Waals surface area contributed by atoms with Crippen LogP contribution in [-0.2, 0) is 0 Å². The number of aldehydes is 1. The number of ether oxygens (including phenoxy) is 1. The first-order valence-corrected chi connectivity index (χ1v) is 4.27. The molecule has 0 saturated heterocycles. The topological polar surface area (TPSA) is 39.4 Å². The third-order valence-corrected chi connectivity index (χ3v) is 2.21. The van der Waals surface area contributed by atoms with Gasteiger partial charge in [0.25, 0.3) is 0 Å². The van der Waals surface area contributed by atoms with Gasteiger partial charge in [-0.3, -0.25) is 4.79 Å². The first-order chi connectivity index (χ1) is 6.76.